The van der Waals surface area contributed by atoms with Crippen molar-refractivity contribution in [3.8, 4) is 11.1 Å². The van der Waals surface area contributed by atoms with Crippen LogP contribution in [-0.4, -0.2) is 10.2 Å². The highest BCUT2D eigenvalue weighted by atomic mass is 15.1. The van der Waals surface area contributed by atoms with Gasteiger partial charge in [0.25, 0.3) is 0 Å². The molecule has 1 heterocycles. The summed E-state index contributed by atoms with van der Waals surface area (Å²) in [5.74, 6) is 0. The minimum atomic E-state index is 1.13. The van der Waals surface area contributed by atoms with E-state index in [0.717, 1.165) is 5.56 Å². The second-order valence-electron chi connectivity index (χ2n) is 2.85. The number of nitrogens with zero attached hydrogens (tertiary/aromatic N) is 1. The Kier molecular flexibility index (Phi) is 1.67. The van der Waals surface area contributed by atoms with E-state index >= 15 is 0 Å². The molecule has 2 heteroatoms. The highest BCUT2D eigenvalue weighted by molar-refractivity contribution is 5.61. The van der Waals surface area contributed by atoms with Crippen LogP contribution in [-0.2, 0) is 0 Å². The highest BCUT2D eigenvalue weighted by Gasteiger charge is 1.95. The predicted molar refractivity (Wildman–Crippen MR) is 48.8 cm³/mol. The van der Waals surface area contributed by atoms with Gasteiger partial charge >= 0.3 is 0 Å². The van der Waals surface area contributed by atoms with Gasteiger partial charge < -0.3 is 0 Å². The minimum Gasteiger partial charge on any atom is -0.285 e. The van der Waals surface area contributed by atoms with Crippen molar-refractivity contribution >= 4 is 0 Å². The lowest BCUT2D eigenvalue weighted by atomic mass is 10.1. The second-order valence-corrected chi connectivity index (χ2v) is 2.85. The molecule has 0 saturated heterocycles. The molecule has 0 spiro atoms. The van der Waals surface area contributed by atoms with Crippen LogP contribution in [0.1, 0.15) is 5.56 Å². The van der Waals surface area contributed by atoms with Crippen molar-refractivity contribution in [2.75, 3.05) is 0 Å². The summed E-state index contributed by atoms with van der Waals surface area (Å²) < 4.78 is 0. The third-order valence-corrected chi connectivity index (χ3v) is 1.88. The molecule has 1 aromatic heterocycles. The van der Waals surface area contributed by atoms with E-state index in [4.69, 9.17) is 0 Å². The number of aromatic amines is 1. The maximum Gasteiger partial charge on any atom is 0.0565 e. The van der Waals surface area contributed by atoms with Crippen molar-refractivity contribution in [2.45, 2.75) is 6.92 Å². The lowest BCUT2D eigenvalue weighted by molar-refractivity contribution is 1.09. The van der Waals surface area contributed by atoms with E-state index in [1.807, 2.05) is 12.4 Å². The molecule has 0 amide bonds. The van der Waals surface area contributed by atoms with Crippen LogP contribution in [0.15, 0.2) is 36.7 Å². The fourth-order valence-electron chi connectivity index (χ4n) is 1.15. The maximum atomic E-state index is 3.90. The fourth-order valence-corrected chi connectivity index (χ4v) is 1.15. The molecule has 0 aliphatic rings. The van der Waals surface area contributed by atoms with Gasteiger partial charge in [-0.1, -0.05) is 29.8 Å². The number of benzene rings is 1. The Labute approximate surface area is 71.3 Å². The zero-order valence-electron chi connectivity index (χ0n) is 6.91. The Morgan fingerprint density at radius 1 is 1.08 bits per heavy atom. The van der Waals surface area contributed by atoms with Crippen molar-refractivity contribution < 1.29 is 0 Å². The van der Waals surface area contributed by atoms with E-state index in [9.17, 15) is 0 Å². The van der Waals surface area contributed by atoms with Crippen LogP contribution in [0.4, 0.5) is 0 Å². The number of aromatic nitrogens is 2. The Balaban J connectivity index is 2.43. The minimum absolute atomic E-state index is 1.13. The molecule has 0 aliphatic heterocycles. The van der Waals surface area contributed by atoms with Crippen LogP contribution in [0.25, 0.3) is 11.1 Å². The Bertz CT molecular complexity index is 346. The van der Waals surface area contributed by atoms with E-state index in [2.05, 4.69) is 41.4 Å². The van der Waals surface area contributed by atoms with E-state index in [1.54, 1.807) is 0 Å². The van der Waals surface area contributed by atoms with Crippen molar-refractivity contribution in [2.24, 2.45) is 0 Å². The standard InChI is InChI=1S/C10H10N2/c1-8-2-4-9(5-3-8)10-6-11-12-7-10/h2-7H,1H3,(H,11,12). The summed E-state index contributed by atoms with van der Waals surface area (Å²) in [6, 6.07) is 8.39. The van der Waals surface area contributed by atoms with Gasteiger partial charge in [-0.3, -0.25) is 5.10 Å². The lowest BCUT2D eigenvalue weighted by Crippen LogP contribution is -1.74. The molecule has 0 radical (unpaired) electrons. The number of rotatable bonds is 1. The van der Waals surface area contributed by atoms with Crippen LogP contribution in [0.2, 0.25) is 0 Å². The molecular weight excluding hydrogens is 148 g/mol. The monoisotopic (exact) mass is 158 g/mol. The van der Waals surface area contributed by atoms with Gasteiger partial charge in [-0.25, -0.2) is 0 Å². The summed E-state index contributed by atoms with van der Waals surface area (Å²) in [5.41, 5.74) is 3.62. The van der Waals surface area contributed by atoms with Gasteiger partial charge in [-0.15, -0.1) is 0 Å². The van der Waals surface area contributed by atoms with Gasteiger partial charge in [-0.05, 0) is 12.5 Å². The summed E-state index contributed by atoms with van der Waals surface area (Å²) in [7, 11) is 0. The Hall–Kier alpha value is -1.57. The van der Waals surface area contributed by atoms with Crippen LogP contribution in [0.3, 0.4) is 0 Å². The van der Waals surface area contributed by atoms with Crippen molar-refractivity contribution in [3.05, 3.63) is 42.2 Å². The van der Waals surface area contributed by atoms with Crippen molar-refractivity contribution in [1.29, 1.82) is 0 Å². The molecule has 0 fully saturated rings. The number of nitrogens with one attached hydrogen (secondary N) is 1. The van der Waals surface area contributed by atoms with Crippen LogP contribution >= 0.6 is 0 Å². The molecule has 1 aromatic carbocycles. The van der Waals surface area contributed by atoms with Gasteiger partial charge in [0.15, 0.2) is 0 Å². The maximum absolute atomic E-state index is 3.90. The number of aryl methyl sites for hydroxylation is 1. The van der Waals surface area contributed by atoms with Gasteiger partial charge in [0.1, 0.15) is 0 Å². The van der Waals surface area contributed by atoms with Crippen LogP contribution < -0.4 is 0 Å². The molecule has 2 aromatic rings. The van der Waals surface area contributed by atoms with E-state index in [-0.39, 0.29) is 0 Å². The van der Waals surface area contributed by atoms with Crippen molar-refractivity contribution in [3.63, 3.8) is 0 Å². The quantitative estimate of drug-likeness (QED) is 0.678. The number of hydrogen-bond donors (Lipinski definition) is 1. The topological polar surface area (TPSA) is 28.7 Å². The first kappa shape index (κ1) is 7.10. The molecular formula is C10H10N2. The molecule has 60 valence electrons. The predicted octanol–water partition coefficient (Wildman–Crippen LogP) is 2.39. The molecule has 0 saturated carbocycles. The Morgan fingerprint density at radius 3 is 2.42 bits per heavy atom. The molecule has 0 bridgehead atoms. The van der Waals surface area contributed by atoms with Crippen LogP contribution in [0.5, 0.6) is 0 Å². The molecule has 12 heavy (non-hydrogen) atoms. The third kappa shape index (κ3) is 1.23. The summed E-state index contributed by atoms with van der Waals surface area (Å²) in [6.07, 6.45) is 3.72. The number of H-pyrrole nitrogens is 1. The largest absolute Gasteiger partial charge is 0.285 e. The zero-order valence-corrected chi connectivity index (χ0v) is 6.91. The summed E-state index contributed by atoms with van der Waals surface area (Å²) >= 11 is 0. The molecule has 0 aliphatic carbocycles. The first-order valence-electron chi connectivity index (χ1n) is 3.92. The van der Waals surface area contributed by atoms with E-state index < -0.39 is 0 Å². The van der Waals surface area contributed by atoms with Gasteiger partial charge in [0.2, 0.25) is 0 Å². The smallest absolute Gasteiger partial charge is 0.0565 e. The molecule has 0 unspecified atom stereocenters. The summed E-state index contributed by atoms with van der Waals surface area (Å²) in [5, 5.41) is 6.69. The first-order valence-corrected chi connectivity index (χ1v) is 3.92. The fraction of sp³-hybridized carbons (Fsp3) is 0.100. The van der Waals surface area contributed by atoms with Crippen LogP contribution in [0, 0.1) is 6.92 Å². The molecule has 1 N–H and O–H groups in total. The molecule has 2 rings (SSSR count). The highest BCUT2D eigenvalue weighted by Crippen LogP contribution is 2.17. The molecule has 2 nitrogen and oxygen atoms in total. The first-order chi connectivity index (χ1) is 5.86. The van der Waals surface area contributed by atoms with E-state index in [0.29, 0.717) is 0 Å². The zero-order chi connectivity index (χ0) is 8.39. The van der Waals surface area contributed by atoms with Gasteiger partial charge in [0.05, 0.1) is 6.20 Å². The normalized spacial score (nSPS) is 10.1. The molecule has 0 atom stereocenters. The SMILES string of the molecule is Cc1ccc(-c2cn[nH]c2)cc1. The third-order valence-electron chi connectivity index (χ3n) is 1.88. The summed E-state index contributed by atoms with van der Waals surface area (Å²) in [4.78, 5) is 0. The number of hydrogen-bond acceptors (Lipinski definition) is 1. The second kappa shape index (κ2) is 2.81. The lowest BCUT2D eigenvalue weighted by Gasteiger charge is -1.96. The van der Waals surface area contributed by atoms with Crippen molar-refractivity contribution in [1.82, 2.24) is 10.2 Å². The summed E-state index contributed by atoms with van der Waals surface area (Å²) in [6.45, 7) is 2.08. The average Bonchev–Trinajstić information content (AvgIpc) is 2.58. The Morgan fingerprint density at radius 2 is 1.83 bits per heavy atom. The van der Waals surface area contributed by atoms with E-state index in [1.165, 1.54) is 11.1 Å². The van der Waals surface area contributed by atoms with Gasteiger partial charge in [0, 0.05) is 11.8 Å². The van der Waals surface area contributed by atoms with Gasteiger partial charge in [-0.2, -0.15) is 5.10 Å². The average molecular weight is 158 g/mol.